The highest BCUT2D eigenvalue weighted by Crippen LogP contribution is 2.25. The van der Waals surface area contributed by atoms with Gasteiger partial charge in [0.1, 0.15) is 5.78 Å². The van der Waals surface area contributed by atoms with Gasteiger partial charge in [-0.2, -0.15) is 0 Å². The van der Waals surface area contributed by atoms with E-state index in [9.17, 15) is 4.79 Å². The van der Waals surface area contributed by atoms with Gasteiger partial charge < -0.3 is 4.79 Å². The molecule has 0 amide bonds. The average molecular weight is 204 g/mol. The lowest BCUT2D eigenvalue weighted by Crippen LogP contribution is -2.01. The molecule has 0 N–H and O–H groups in total. The van der Waals surface area contributed by atoms with E-state index in [0.29, 0.717) is 12.3 Å². The summed E-state index contributed by atoms with van der Waals surface area (Å²) in [7, 11) is 0. The van der Waals surface area contributed by atoms with Crippen LogP contribution in [0.25, 0.3) is 0 Å². The van der Waals surface area contributed by atoms with Crippen LogP contribution in [-0.4, -0.2) is 5.78 Å². The molecule has 1 rings (SSSR count). The van der Waals surface area contributed by atoms with E-state index in [1.807, 2.05) is 0 Å². The van der Waals surface area contributed by atoms with Crippen LogP contribution in [0.15, 0.2) is 18.2 Å². The molecule has 0 saturated heterocycles. The first-order valence-electron chi connectivity index (χ1n) is 5.58. The number of aryl methyl sites for hydroxylation is 1. The summed E-state index contributed by atoms with van der Waals surface area (Å²) in [4.78, 5) is 10.9. The van der Waals surface area contributed by atoms with Gasteiger partial charge in [-0.15, -0.1) is 0 Å². The summed E-state index contributed by atoms with van der Waals surface area (Å²) in [6, 6.07) is 6.41. The molecular weight excluding hydrogens is 184 g/mol. The number of carbonyl (C=O) groups excluding carboxylic acids is 1. The summed E-state index contributed by atoms with van der Waals surface area (Å²) < 4.78 is 0. The van der Waals surface area contributed by atoms with Gasteiger partial charge in [0.25, 0.3) is 0 Å². The van der Waals surface area contributed by atoms with Crippen molar-refractivity contribution < 1.29 is 4.79 Å². The second kappa shape index (κ2) is 5.11. The third-order valence-electron chi connectivity index (χ3n) is 3.11. The Morgan fingerprint density at radius 2 is 2.00 bits per heavy atom. The number of hydrogen-bond acceptors (Lipinski definition) is 1. The Kier molecular flexibility index (Phi) is 4.07. The fourth-order valence-corrected chi connectivity index (χ4v) is 1.88. The molecule has 0 spiro atoms. The molecule has 0 aliphatic heterocycles. The van der Waals surface area contributed by atoms with Crippen LogP contribution in [0.3, 0.4) is 0 Å². The second-order valence-corrected chi connectivity index (χ2v) is 4.43. The van der Waals surface area contributed by atoms with Gasteiger partial charge in [-0.25, -0.2) is 0 Å². The Hall–Kier alpha value is -1.11. The van der Waals surface area contributed by atoms with Crippen molar-refractivity contribution in [2.75, 3.05) is 0 Å². The molecule has 0 saturated carbocycles. The summed E-state index contributed by atoms with van der Waals surface area (Å²) in [5, 5.41) is 0. The SMILES string of the molecule is CC(=O)CCC(C)c1cccc(C)c1C. The minimum atomic E-state index is 0.284. The maximum atomic E-state index is 10.9. The lowest BCUT2D eigenvalue weighted by Gasteiger charge is -2.15. The molecule has 1 heteroatoms. The summed E-state index contributed by atoms with van der Waals surface area (Å²) >= 11 is 0. The van der Waals surface area contributed by atoms with E-state index >= 15 is 0 Å². The number of carbonyl (C=O) groups is 1. The first kappa shape index (κ1) is 12.0. The largest absolute Gasteiger partial charge is 0.300 e. The first-order valence-corrected chi connectivity index (χ1v) is 5.58. The van der Waals surface area contributed by atoms with E-state index in [-0.39, 0.29) is 5.78 Å². The Bertz CT molecular complexity index is 352. The van der Waals surface area contributed by atoms with Gasteiger partial charge >= 0.3 is 0 Å². The normalized spacial score (nSPS) is 12.5. The molecule has 0 bridgehead atoms. The number of hydrogen-bond donors (Lipinski definition) is 0. The van der Waals surface area contributed by atoms with E-state index in [1.54, 1.807) is 6.92 Å². The minimum Gasteiger partial charge on any atom is -0.300 e. The van der Waals surface area contributed by atoms with Crippen LogP contribution in [0.4, 0.5) is 0 Å². The van der Waals surface area contributed by atoms with Crippen molar-refractivity contribution in [2.24, 2.45) is 0 Å². The van der Waals surface area contributed by atoms with Crippen LogP contribution >= 0.6 is 0 Å². The van der Waals surface area contributed by atoms with E-state index in [2.05, 4.69) is 39.0 Å². The lowest BCUT2D eigenvalue weighted by molar-refractivity contribution is -0.117. The van der Waals surface area contributed by atoms with Gasteiger partial charge in [-0.1, -0.05) is 25.1 Å². The summed E-state index contributed by atoms with van der Waals surface area (Å²) in [5.74, 6) is 0.765. The molecule has 0 aliphatic carbocycles. The summed E-state index contributed by atoms with van der Waals surface area (Å²) in [5.41, 5.74) is 4.09. The van der Waals surface area contributed by atoms with Crippen molar-refractivity contribution in [3.05, 3.63) is 34.9 Å². The van der Waals surface area contributed by atoms with Crippen molar-refractivity contribution in [1.29, 1.82) is 0 Å². The van der Waals surface area contributed by atoms with Crippen molar-refractivity contribution in [2.45, 2.75) is 46.5 Å². The van der Waals surface area contributed by atoms with E-state index in [0.717, 1.165) is 6.42 Å². The zero-order chi connectivity index (χ0) is 11.4. The molecule has 0 aliphatic rings. The molecule has 1 nitrogen and oxygen atoms in total. The topological polar surface area (TPSA) is 17.1 Å². The standard InChI is InChI=1S/C14H20O/c1-10-6-5-7-14(13(10)4)11(2)8-9-12(3)15/h5-7,11H,8-9H2,1-4H3. The van der Waals surface area contributed by atoms with Gasteiger partial charge in [-0.3, -0.25) is 0 Å². The molecule has 0 aromatic heterocycles. The van der Waals surface area contributed by atoms with Gasteiger partial charge in [0.2, 0.25) is 0 Å². The second-order valence-electron chi connectivity index (χ2n) is 4.43. The lowest BCUT2D eigenvalue weighted by atomic mass is 9.90. The van der Waals surface area contributed by atoms with E-state index < -0.39 is 0 Å². The number of benzene rings is 1. The van der Waals surface area contributed by atoms with Gasteiger partial charge in [0.15, 0.2) is 0 Å². The predicted molar refractivity (Wildman–Crippen MR) is 64.2 cm³/mol. The van der Waals surface area contributed by atoms with Crippen LogP contribution < -0.4 is 0 Å². The molecule has 1 aromatic carbocycles. The Balaban J connectivity index is 2.77. The van der Waals surface area contributed by atoms with Crippen molar-refractivity contribution in [3.8, 4) is 0 Å². The molecule has 1 atom stereocenters. The van der Waals surface area contributed by atoms with Crippen LogP contribution in [0, 0.1) is 13.8 Å². The highest BCUT2D eigenvalue weighted by Gasteiger charge is 2.10. The summed E-state index contributed by atoms with van der Waals surface area (Å²) in [6.45, 7) is 8.16. The van der Waals surface area contributed by atoms with E-state index in [1.165, 1.54) is 16.7 Å². The molecule has 82 valence electrons. The highest BCUT2D eigenvalue weighted by molar-refractivity contribution is 5.75. The van der Waals surface area contributed by atoms with Gasteiger partial charge in [0.05, 0.1) is 0 Å². The summed E-state index contributed by atoms with van der Waals surface area (Å²) in [6.07, 6.45) is 1.65. The monoisotopic (exact) mass is 204 g/mol. The van der Waals surface area contributed by atoms with Crippen LogP contribution in [0.5, 0.6) is 0 Å². The first-order chi connectivity index (χ1) is 7.02. The Morgan fingerprint density at radius 3 is 2.60 bits per heavy atom. The molecule has 15 heavy (non-hydrogen) atoms. The Morgan fingerprint density at radius 1 is 1.33 bits per heavy atom. The van der Waals surface area contributed by atoms with Crippen molar-refractivity contribution in [3.63, 3.8) is 0 Å². The minimum absolute atomic E-state index is 0.284. The quantitative estimate of drug-likeness (QED) is 0.729. The van der Waals surface area contributed by atoms with Crippen LogP contribution in [0.2, 0.25) is 0 Å². The molecule has 1 aromatic rings. The molecule has 0 radical (unpaired) electrons. The van der Waals surface area contributed by atoms with Crippen molar-refractivity contribution >= 4 is 5.78 Å². The number of ketones is 1. The fraction of sp³-hybridized carbons (Fsp3) is 0.500. The van der Waals surface area contributed by atoms with E-state index in [4.69, 9.17) is 0 Å². The smallest absolute Gasteiger partial charge is 0.129 e. The Labute approximate surface area is 92.5 Å². The zero-order valence-corrected chi connectivity index (χ0v) is 10.1. The zero-order valence-electron chi connectivity index (χ0n) is 10.1. The molecule has 0 heterocycles. The average Bonchev–Trinajstić information content (AvgIpc) is 2.18. The van der Waals surface area contributed by atoms with Crippen LogP contribution in [0.1, 0.15) is 49.3 Å². The highest BCUT2D eigenvalue weighted by atomic mass is 16.1. The van der Waals surface area contributed by atoms with Crippen LogP contribution in [-0.2, 0) is 4.79 Å². The third kappa shape index (κ3) is 3.19. The number of Topliss-reactive ketones (excluding diaryl/α,β-unsaturated/α-hetero) is 1. The van der Waals surface area contributed by atoms with Gasteiger partial charge in [0, 0.05) is 6.42 Å². The van der Waals surface area contributed by atoms with Gasteiger partial charge in [-0.05, 0) is 49.8 Å². The fourth-order valence-electron chi connectivity index (χ4n) is 1.88. The molecule has 1 unspecified atom stereocenters. The number of rotatable bonds is 4. The maximum Gasteiger partial charge on any atom is 0.129 e. The maximum absolute atomic E-state index is 10.9. The third-order valence-corrected chi connectivity index (χ3v) is 3.11. The molecular formula is C14H20O. The van der Waals surface area contributed by atoms with Crippen molar-refractivity contribution in [1.82, 2.24) is 0 Å². The molecule has 0 fully saturated rings. The predicted octanol–water partition coefficient (Wildman–Crippen LogP) is 3.78.